The van der Waals surface area contributed by atoms with Crippen molar-refractivity contribution in [3.63, 3.8) is 0 Å². The molecule has 0 radical (unpaired) electrons. The normalized spacial score (nSPS) is 13.9. The molecule has 0 saturated carbocycles. The predicted molar refractivity (Wildman–Crippen MR) is 88.4 cm³/mol. The summed E-state index contributed by atoms with van der Waals surface area (Å²) in [5, 5.41) is 0. The Morgan fingerprint density at radius 3 is 2.90 bits per heavy atom. The minimum Gasteiger partial charge on any atom is -0.491 e. The third kappa shape index (κ3) is 2.82. The number of hydrogen-bond acceptors (Lipinski definition) is 3. The molecule has 0 atom stereocenters. The second-order valence-electron chi connectivity index (χ2n) is 5.45. The Kier molecular flexibility index (Phi) is 4.00. The number of fused-ring (bicyclic) bond motifs is 1. The van der Waals surface area contributed by atoms with E-state index in [1.165, 1.54) is 17.7 Å². The lowest BCUT2D eigenvalue weighted by Gasteiger charge is -2.31. The fourth-order valence-electron chi connectivity index (χ4n) is 2.83. The summed E-state index contributed by atoms with van der Waals surface area (Å²) in [6.07, 6.45) is 3.31. The molecule has 2 aromatic carbocycles. The van der Waals surface area contributed by atoms with Gasteiger partial charge in [0.25, 0.3) is 0 Å². The van der Waals surface area contributed by atoms with Gasteiger partial charge >= 0.3 is 0 Å². The Morgan fingerprint density at radius 1 is 1.19 bits per heavy atom. The van der Waals surface area contributed by atoms with Crippen molar-refractivity contribution in [3.05, 3.63) is 48.0 Å². The van der Waals surface area contributed by atoms with E-state index in [2.05, 4.69) is 48.2 Å². The summed E-state index contributed by atoms with van der Waals surface area (Å²) in [4.78, 5) is 2.36. The summed E-state index contributed by atoms with van der Waals surface area (Å²) in [7, 11) is 0. The van der Waals surface area contributed by atoms with E-state index in [9.17, 15) is 0 Å². The number of para-hydroxylation sites is 1. The van der Waals surface area contributed by atoms with Gasteiger partial charge in [-0.25, -0.2) is 0 Å². The van der Waals surface area contributed by atoms with Gasteiger partial charge in [0.15, 0.2) is 0 Å². The number of hydrogen-bond donors (Lipinski definition) is 1. The van der Waals surface area contributed by atoms with Crippen molar-refractivity contribution >= 4 is 17.1 Å². The number of ether oxygens (including phenoxy) is 1. The largest absolute Gasteiger partial charge is 0.491 e. The highest BCUT2D eigenvalue weighted by Crippen LogP contribution is 2.36. The van der Waals surface area contributed by atoms with E-state index in [4.69, 9.17) is 10.5 Å². The minimum atomic E-state index is 0.699. The summed E-state index contributed by atoms with van der Waals surface area (Å²) in [6, 6.07) is 14.7. The number of benzene rings is 2. The van der Waals surface area contributed by atoms with E-state index < -0.39 is 0 Å². The maximum absolute atomic E-state index is 6.01. The number of nitrogens with zero attached hydrogens (tertiary/aromatic N) is 1. The minimum absolute atomic E-state index is 0.699. The van der Waals surface area contributed by atoms with Crippen LogP contribution in [0, 0.1) is 0 Å². The number of nitrogens with two attached hydrogens (primary N) is 1. The molecule has 110 valence electrons. The third-order valence-corrected chi connectivity index (χ3v) is 3.88. The van der Waals surface area contributed by atoms with Crippen molar-refractivity contribution in [2.45, 2.75) is 26.2 Å². The van der Waals surface area contributed by atoms with Crippen molar-refractivity contribution in [2.75, 3.05) is 23.8 Å². The van der Waals surface area contributed by atoms with Crippen LogP contribution in [-0.2, 0) is 6.42 Å². The average molecular weight is 282 g/mol. The Bertz CT molecular complexity index is 624. The topological polar surface area (TPSA) is 38.5 Å². The van der Waals surface area contributed by atoms with Gasteiger partial charge in [-0.1, -0.05) is 25.1 Å². The van der Waals surface area contributed by atoms with E-state index in [1.807, 2.05) is 6.07 Å². The molecule has 0 saturated heterocycles. The number of aryl methyl sites for hydroxylation is 1. The SMILES string of the molecule is CCCOc1cc(N2CCCc3ccccc32)ccc1N. The number of rotatable bonds is 4. The van der Waals surface area contributed by atoms with Gasteiger partial charge in [0.05, 0.1) is 12.3 Å². The van der Waals surface area contributed by atoms with Crippen LogP contribution in [0.25, 0.3) is 0 Å². The fourth-order valence-corrected chi connectivity index (χ4v) is 2.83. The summed E-state index contributed by atoms with van der Waals surface area (Å²) < 4.78 is 5.75. The van der Waals surface area contributed by atoms with Crippen LogP contribution in [0.5, 0.6) is 5.75 Å². The third-order valence-electron chi connectivity index (χ3n) is 3.88. The lowest BCUT2D eigenvalue weighted by molar-refractivity contribution is 0.319. The first kappa shape index (κ1) is 13.8. The van der Waals surface area contributed by atoms with Crippen molar-refractivity contribution in [1.29, 1.82) is 0 Å². The van der Waals surface area contributed by atoms with E-state index in [-0.39, 0.29) is 0 Å². The standard InChI is InChI=1S/C18H22N2O/c1-2-12-21-18-13-15(9-10-16(18)19)20-11-5-7-14-6-3-4-8-17(14)20/h3-4,6,8-10,13H,2,5,7,11-12,19H2,1H3. The summed E-state index contributed by atoms with van der Waals surface area (Å²) in [5.41, 5.74) is 10.6. The maximum Gasteiger partial charge on any atom is 0.144 e. The van der Waals surface area contributed by atoms with Crippen molar-refractivity contribution in [2.24, 2.45) is 0 Å². The Labute approximate surface area is 126 Å². The molecule has 3 rings (SSSR count). The van der Waals surface area contributed by atoms with Gasteiger partial charge < -0.3 is 15.4 Å². The van der Waals surface area contributed by atoms with Gasteiger partial charge in [-0.15, -0.1) is 0 Å². The predicted octanol–water partition coefficient (Wildman–Crippen LogP) is 4.14. The molecule has 1 heterocycles. The highest BCUT2D eigenvalue weighted by Gasteiger charge is 2.18. The lowest BCUT2D eigenvalue weighted by atomic mass is 10.0. The summed E-state index contributed by atoms with van der Waals surface area (Å²) in [5.74, 6) is 0.789. The molecule has 1 aliphatic heterocycles. The molecule has 0 amide bonds. The lowest BCUT2D eigenvalue weighted by Crippen LogP contribution is -2.24. The Hall–Kier alpha value is -2.16. The first-order chi connectivity index (χ1) is 10.3. The summed E-state index contributed by atoms with van der Waals surface area (Å²) >= 11 is 0. The molecule has 2 aromatic rings. The highest BCUT2D eigenvalue weighted by atomic mass is 16.5. The quantitative estimate of drug-likeness (QED) is 0.856. The first-order valence-electron chi connectivity index (χ1n) is 7.67. The molecule has 21 heavy (non-hydrogen) atoms. The van der Waals surface area contributed by atoms with Crippen LogP contribution in [0.2, 0.25) is 0 Å². The molecular formula is C18H22N2O. The Balaban J connectivity index is 1.94. The molecule has 1 aliphatic rings. The van der Waals surface area contributed by atoms with Crippen LogP contribution in [0.1, 0.15) is 25.3 Å². The monoisotopic (exact) mass is 282 g/mol. The zero-order chi connectivity index (χ0) is 14.7. The molecule has 0 fully saturated rings. The van der Waals surface area contributed by atoms with E-state index in [0.29, 0.717) is 12.3 Å². The second-order valence-corrected chi connectivity index (χ2v) is 5.45. The first-order valence-corrected chi connectivity index (χ1v) is 7.67. The van der Waals surface area contributed by atoms with Crippen molar-refractivity contribution in [1.82, 2.24) is 0 Å². The molecule has 3 nitrogen and oxygen atoms in total. The van der Waals surface area contributed by atoms with E-state index >= 15 is 0 Å². The molecule has 2 N–H and O–H groups in total. The van der Waals surface area contributed by atoms with Crippen LogP contribution >= 0.6 is 0 Å². The van der Waals surface area contributed by atoms with Crippen LogP contribution in [0.4, 0.5) is 17.1 Å². The molecule has 0 aliphatic carbocycles. The number of anilines is 3. The summed E-state index contributed by atoms with van der Waals surface area (Å²) in [6.45, 7) is 3.83. The van der Waals surface area contributed by atoms with Gasteiger partial charge in [-0.2, -0.15) is 0 Å². The molecule has 0 unspecified atom stereocenters. The van der Waals surface area contributed by atoms with Crippen LogP contribution in [-0.4, -0.2) is 13.2 Å². The molecule has 0 bridgehead atoms. The molecule has 0 aromatic heterocycles. The zero-order valence-corrected chi connectivity index (χ0v) is 12.5. The molecule has 0 spiro atoms. The van der Waals surface area contributed by atoms with E-state index in [1.54, 1.807) is 0 Å². The smallest absolute Gasteiger partial charge is 0.144 e. The zero-order valence-electron chi connectivity index (χ0n) is 12.5. The van der Waals surface area contributed by atoms with Crippen LogP contribution < -0.4 is 15.4 Å². The van der Waals surface area contributed by atoms with Gasteiger partial charge in [-0.05, 0) is 43.0 Å². The maximum atomic E-state index is 6.01. The van der Waals surface area contributed by atoms with Gasteiger partial charge in [0, 0.05) is 24.0 Å². The molecular weight excluding hydrogens is 260 g/mol. The van der Waals surface area contributed by atoms with Crippen LogP contribution in [0.15, 0.2) is 42.5 Å². The van der Waals surface area contributed by atoms with Gasteiger partial charge in [0.2, 0.25) is 0 Å². The average Bonchev–Trinajstić information content (AvgIpc) is 2.54. The van der Waals surface area contributed by atoms with Gasteiger partial charge in [0.1, 0.15) is 5.75 Å². The fraction of sp³-hybridized carbons (Fsp3) is 0.333. The highest BCUT2D eigenvalue weighted by molar-refractivity contribution is 5.71. The van der Waals surface area contributed by atoms with E-state index in [0.717, 1.165) is 30.8 Å². The number of nitrogen functional groups attached to an aromatic ring is 1. The van der Waals surface area contributed by atoms with Crippen molar-refractivity contribution in [3.8, 4) is 5.75 Å². The second kappa shape index (κ2) is 6.08. The van der Waals surface area contributed by atoms with Crippen LogP contribution in [0.3, 0.4) is 0 Å². The van der Waals surface area contributed by atoms with Crippen molar-refractivity contribution < 1.29 is 4.74 Å². The Morgan fingerprint density at radius 2 is 2.05 bits per heavy atom. The van der Waals surface area contributed by atoms with Gasteiger partial charge in [-0.3, -0.25) is 0 Å². The molecule has 3 heteroatoms.